The van der Waals surface area contributed by atoms with E-state index in [1.54, 1.807) is 0 Å². The molecule has 6 rings (SSSR count). The Kier molecular flexibility index (Phi) is 2.31. The van der Waals surface area contributed by atoms with Crippen molar-refractivity contribution in [1.29, 1.82) is 0 Å². The number of nitrogen functional groups attached to an aromatic ring is 1. The summed E-state index contributed by atoms with van der Waals surface area (Å²) in [5, 5.41) is 4.40. The van der Waals surface area contributed by atoms with Gasteiger partial charge >= 0.3 is 0 Å². The fourth-order valence-corrected chi connectivity index (χ4v) is 6.39. The Morgan fingerprint density at radius 2 is 1.70 bits per heavy atom. The maximum absolute atomic E-state index is 5.85. The molecule has 2 heterocycles. The van der Waals surface area contributed by atoms with Crippen LogP contribution < -0.4 is 5.73 Å². The molecule has 1 aromatic heterocycles. The first-order valence-electron chi connectivity index (χ1n) is 8.48. The zero-order valence-corrected chi connectivity index (χ0v) is 12.0. The van der Waals surface area contributed by atoms with Gasteiger partial charge in [-0.05, 0) is 74.5 Å². The monoisotopic (exact) mass is 272 g/mol. The Morgan fingerprint density at radius 3 is 2.40 bits per heavy atom. The number of nitrogens with two attached hydrogens (primary N) is 1. The van der Waals surface area contributed by atoms with Crippen LogP contribution in [0, 0.1) is 29.6 Å². The van der Waals surface area contributed by atoms with Crippen molar-refractivity contribution in [3.05, 3.63) is 5.82 Å². The second-order valence-electron chi connectivity index (χ2n) is 7.81. The Labute approximate surface area is 120 Å². The molecule has 0 aromatic carbocycles. The highest BCUT2D eigenvalue weighted by atomic mass is 15.4. The van der Waals surface area contributed by atoms with Gasteiger partial charge in [0.1, 0.15) is 5.82 Å². The van der Waals surface area contributed by atoms with E-state index in [1.807, 2.05) is 0 Å². The van der Waals surface area contributed by atoms with Crippen LogP contribution in [0.5, 0.6) is 0 Å². The maximum Gasteiger partial charge on any atom is 0.239 e. The van der Waals surface area contributed by atoms with Crippen molar-refractivity contribution in [2.75, 3.05) is 5.73 Å². The fraction of sp³-hybridized carbons (Fsp3) is 0.875. The summed E-state index contributed by atoms with van der Waals surface area (Å²) in [6.07, 6.45) is 10.1. The van der Waals surface area contributed by atoms with Crippen molar-refractivity contribution in [3.63, 3.8) is 0 Å². The van der Waals surface area contributed by atoms with E-state index in [-0.39, 0.29) is 0 Å². The standard InChI is InChI=1S/C16H24N4/c17-16-18-15-13(2-1-3-20(15)19-16)14-11-5-9-4-10(7-11)8-12(14)6-9/h9-14H,1-8H2,(H2,17,19). The molecule has 4 heteroatoms. The summed E-state index contributed by atoms with van der Waals surface area (Å²) >= 11 is 0. The molecule has 2 N–H and O–H groups in total. The molecule has 1 aromatic rings. The minimum absolute atomic E-state index is 0.482. The number of hydrogen-bond acceptors (Lipinski definition) is 3. The van der Waals surface area contributed by atoms with Gasteiger partial charge in [-0.2, -0.15) is 4.98 Å². The van der Waals surface area contributed by atoms with E-state index in [1.165, 1.54) is 50.8 Å². The molecule has 4 saturated carbocycles. The van der Waals surface area contributed by atoms with E-state index < -0.39 is 0 Å². The Balaban J connectivity index is 1.51. The van der Waals surface area contributed by atoms with E-state index in [2.05, 4.69) is 14.8 Å². The predicted octanol–water partition coefficient (Wildman–Crippen LogP) is 2.81. The number of fused-ring (bicyclic) bond motifs is 1. The van der Waals surface area contributed by atoms with Crippen molar-refractivity contribution in [3.8, 4) is 0 Å². The summed E-state index contributed by atoms with van der Waals surface area (Å²) in [6.45, 7) is 1.02. The van der Waals surface area contributed by atoms with Crippen LogP contribution in [0.15, 0.2) is 0 Å². The summed E-state index contributed by atoms with van der Waals surface area (Å²) in [7, 11) is 0. The number of anilines is 1. The molecule has 0 saturated heterocycles. The lowest BCUT2D eigenvalue weighted by atomic mass is 9.49. The molecule has 5 aliphatic rings. The SMILES string of the molecule is Nc1nc2n(n1)CCCC2C1C2CC3CC(C2)CC1C3. The summed E-state index contributed by atoms with van der Waals surface area (Å²) in [5.41, 5.74) is 5.85. The third-order valence-corrected chi connectivity index (χ3v) is 6.70. The lowest BCUT2D eigenvalue weighted by Gasteiger charge is -2.56. The highest BCUT2D eigenvalue weighted by Crippen LogP contribution is 2.60. The van der Waals surface area contributed by atoms with Gasteiger partial charge < -0.3 is 5.73 Å². The van der Waals surface area contributed by atoms with Crippen LogP contribution in [0.2, 0.25) is 0 Å². The average molecular weight is 272 g/mol. The van der Waals surface area contributed by atoms with E-state index in [4.69, 9.17) is 5.73 Å². The fourth-order valence-electron chi connectivity index (χ4n) is 6.39. The number of rotatable bonds is 1. The number of hydrogen-bond donors (Lipinski definition) is 1. The van der Waals surface area contributed by atoms with E-state index in [0.717, 1.165) is 36.1 Å². The number of aromatic nitrogens is 3. The zero-order chi connectivity index (χ0) is 13.3. The first-order chi connectivity index (χ1) is 9.78. The molecule has 4 nitrogen and oxygen atoms in total. The third kappa shape index (κ3) is 1.54. The van der Waals surface area contributed by atoms with Crippen molar-refractivity contribution < 1.29 is 0 Å². The van der Waals surface area contributed by atoms with Crippen molar-refractivity contribution >= 4 is 5.95 Å². The average Bonchev–Trinajstić information content (AvgIpc) is 2.78. The molecule has 4 bridgehead atoms. The second-order valence-corrected chi connectivity index (χ2v) is 7.81. The molecule has 1 aliphatic heterocycles. The van der Waals surface area contributed by atoms with Gasteiger partial charge in [0.2, 0.25) is 5.95 Å². The van der Waals surface area contributed by atoms with Crippen LogP contribution >= 0.6 is 0 Å². The molecule has 1 atom stereocenters. The quantitative estimate of drug-likeness (QED) is 0.855. The molecule has 4 fully saturated rings. The number of aryl methyl sites for hydroxylation is 1. The first kappa shape index (κ1) is 11.6. The summed E-state index contributed by atoms with van der Waals surface area (Å²) in [5.74, 6) is 7.28. The molecule has 20 heavy (non-hydrogen) atoms. The third-order valence-electron chi connectivity index (χ3n) is 6.70. The molecule has 0 radical (unpaired) electrons. The van der Waals surface area contributed by atoms with E-state index in [9.17, 15) is 0 Å². The topological polar surface area (TPSA) is 56.7 Å². The van der Waals surface area contributed by atoms with Crippen LogP contribution in [-0.2, 0) is 6.54 Å². The second kappa shape index (κ2) is 3.99. The largest absolute Gasteiger partial charge is 0.366 e. The van der Waals surface area contributed by atoms with Crippen LogP contribution in [0.3, 0.4) is 0 Å². The number of nitrogens with zero attached hydrogens (tertiary/aromatic N) is 3. The van der Waals surface area contributed by atoms with Crippen LogP contribution in [-0.4, -0.2) is 14.8 Å². The summed E-state index contributed by atoms with van der Waals surface area (Å²) in [6, 6.07) is 0. The van der Waals surface area contributed by atoms with Gasteiger partial charge in [0.05, 0.1) is 0 Å². The van der Waals surface area contributed by atoms with E-state index >= 15 is 0 Å². The van der Waals surface area contributed by atoms with Gasteiger partial charge in [-0.15, -0.1) is 5.10 Å². The normalized spacial score (nSPS) is 45.6. The van der Waals surface area contributed by atoms with Gasteiger partial charge in [0.15, 0.2) is 0 Å². The van der Waals surface area contributed by atoms with E-state index in [0.29, 0.717) is 11.9 Å². The maximum atomic E-state index is 5.85. The lowest BCUT2D eigenvalue weighted by molar-refractivity contribution is -0.0524. The Bertz CT molecular complexity index is 507. The van der Waals surface area contributed by atoms with Crippen molar-refractivity contribution in [2.45, 2.75) is 57.4 Å². The van der Waals surface area contributed by atoms with Crippen LogP contribution in [0.25, 0.3) is 0 Å². The highest BCUT2D eigenvalue weighted by molar-refractivity contribution is 5.19. The van der Waals surface area contributed by atoms with Gasteiger partial charge in [-0.25, -0.2) is 4.68 Å². The van der Waals surface area contributed by atoms with Gasteiger partial charge in [-0.1, -0.05) is 0 Å². The molecule has 4 aliphatic carbocycles. The Morgan fingerprint density at radius 1 is 1.00 bits per heavy atom. The van der Waals surface area contributed by atoms with Gasteiger partial charge in [0.25, 0.3) is 0 Å². The minimum Gasteiger partial charge on any atom is -0.366 e. The van der Waals surface area contributed by atoms with Crippen molar-refractivity contribution in [1.82, 2.24) is 14.8 Å². The summed E-state index contributed by atoms with van der Waals surface area (Å²) in [4.78, 5) is 4.59. The Hall–Kier alpha value is -1.06. The summed E-state index contributed by atoms with van der Waals surface area (Å²) < 4.78 is 2.11. The smallest absolute Gasteiger partial charge is 0.239 e. The van der Waals surface area contributed by atoms with Crippen LogP contribution in [0.4, 0.5) is 5.95 Å². The first-order valence-corrected chi connectivity index (χ1v) is 8.48. The molecule has 0 amide bonds. The minimum atomic E-state index is 0.482. The highest BCUT2D eigenvalue weighted by Gasteiger charge is 2.51. The molecule has 0 spiro atoms. The van der Waals surface area contributed by atoms with Gasteiger partial charge in [0, 0.05) is 12.5 Å². The molecular formula is C16H24N4. The van der Waals surface area contributed by atoms with Gasteiger partial charge in [-0.3, -0.25) is 0 Å². The molecule has 108 valence electrons. The molecule has 1 unspecified atom stereocenters. The van der Waals surface area contributed by atoms with Crippen LogP contribution in [0.1, 0.15) is 56.7 Å². The lowest BCUT2D eigenvalue weighted by Crippen LogP contribution is -2.48. The predicted molar refractivity (Wildman–Crippen MR) is 76.9 cm³/mol. The zero-order valence-electron chi connectivity index (χ0n) is 12.0. The molecular weight excluding hydrogens is 248 g/mol. The van der Waals surface area contributed by atoms with Crippen molar-refractivity contribution in [2.24, 2.45) is 29.6 Å².